The molecule has 0 amide bonds. The number of rotatable bonds is 10. The van der Waals surface area contributed by atoms with Gasteiger partial charge >= 0.3 is 41.9 Å². The summed E-state index contributed by atoms with van der Waals surface area (Å²) in [5.41, 5.74) is 14.5. The standard InChI is InChI=1S/2C26H31.C2H6Si.2ClH.Zr/c2*1-3-7-20-11-13-23(14-12-20)24-15-10-19(2)25-17-22(18-26(24)25)16-21-8-5-4-6-9-21;1-3-2;;;/h2*10-15,17-18,21H,3-9,16H2,1-2H3;1-2H3;2*1H;/q2*-1;;;;+2/p-2. The molecule has 6 aromatic carbocycles. The van der Waals surface area contributed by atoms with Gasteiger partial charge in [-0.15, -0.1) is 68.1 Å². The van der Waals surface area contributed by atoms with Crippen LogP contribution in [0.25, 0.3) is 43.8 Å². The van der Waals surface area contributed by atoms with E-state index in [9.17, 15) is 0 Å². The second-order valence-corrected chi connectivity index (χ2v) is 26.9. The Bertz CT molecular complexity index is 1990. The zero-order valence-electron chi connectivity index (χ0n) is 36.5. The molecule has 0 aliphatic heterocycles. The van der Waals surface area contributed by atoms with Crippen molar-refractivity contribution in [2.24, 2.45) is 11.8 Å². The minimum atomic E-state index is 0. The van der Waals surface area contributed by atoms with Crippen LogP contribution in [-0.2, 0) is 49.0 Å². The van der Waals surface area contributed by atoms with Crippen molar-refractivity contribution in [1.29, 1.82) is 0 Å². The largest absolute Gasteiger partial charge is 1.00 e. The normalized spacial score (nSPS) is 14.5. The summed E-state index contributed by atoms with van der Waals surface area (Å²) in [4.78, 5) is 0. The van der Waals surface area contributed by atoms with E-state index in [1.807, 2.05) is 0 Å². The van der Waals surface area contributed by atoms with Crippen molar-refractivity contribution < 1.29 is 48.1 Å². The number of halogens is 2. The van der Waals surface area contributed by atoms with E-state index >= 15 is 0 Å². The monoisotopic (exact) mass is 904 g/mol. The molecule has 0 spiro atoms. The van der Waals surface area contributed by atoms with E-state index in [1.54, 1.807) is 34.5 Å². The average molecular weight is 907 g/mol. The van der Waals surface area contributed by atoms with Gasteiger partial charge in [0.05, 0.1) is 0 Å². The van der Waals surface area contributed by atoms with Gasteiger partial charge in [-0.05, 0) is 59.8 Å². The van der Waals surface area contributed by atoms with Gasteiger partial charge in [0.2, 0.25) is 0 Å². The predicted octanol–water partition coefficient (Wildman–Crippen LogP) is 10.0. The minimum Gasteiger partial charge on any atom is -1.00 e. The van der Waals surface area contributed by atoms with Crippen LogP contribution < -0.4 is 24.8 Å². The summed E-state index contributed by atoms with van der Waals surface area (Å²) < 4.78 is 0. The molecule has 0 aromatic heterocycles. The summed E-state index contributed by atoms with van der Waals surface area (Å²) in [6.45, 7) is 13.6. The number of aryl methyl sites for hydroxylation is 4. The predicted molar refractivity (Wildman–Crippen MR) is 245 cm³/mol. The Morgan fingerprint density at radius 1 is 0.534 bits per heavy atom. The van der Waals surface area contributed by atoms with E-state index in [0.29, 0.717) is 0 Å². The first-order chi connectivity index (χ1) is 27.2. The molecule has 0 nitrogen and oxygen atoms in total. The van der Waals surface area contributed by atoms with Gasteiger partial charge in [-0.1, -0.05) is 177 Å². The van der Waals surface area contributed by atoms with E-state index in [4.69, 9.17) is 0 Å². The van der Waals surface area contributed by atoms with Gasteiger partial charge in [0, 0.05) is 0 Å². The topological polar surface area (TPSA) is 0 Å². The van der Waals surface area contributed by atoms with Crippen molar-refractivity contribution >= 4 is 27.0 Å². The Hall–Kier alpha value is -2.22. The van der Waals surface area contributed by atoms with Gasteiger partial charge in [-0.25, -0.2) is 0 Å². The molecule has 0 saturated heterocycles. The van der Waals surface area contributed by atoms with Crippen molar-refractivity contribution in [3.63, 3.8) is 0 Å². The molecule has 0 heterocycles. The molecule has 0 bridgehead atoms. The molecule has 58 heavy (non-hydrogen) atoms. The fraction of sp³-hybridized carbons (Fsp3) is 0.444. The second-order valence-electron chi connectivity index (χ2n) is 17.6. The van der Waals surface area contributed by atoms with E-state index in [2.05, 4.69) is 138 Å². The maximum absolute atomic E-state index is 2.48. The summed E-state index contributed by atoms with van der Waals surface area (Å²) in [7, 11) is 0. The Balaban J connectivity index is 0.000000228. The molecule has 0 N–H and O–H groups in total. The molecular weight excluding hydrogens is 839 g/mol. The molecule has 2 aliphatic carbocycles. The van der Waals surface area contributed by atoms with E-state index in [1.165, 1.54) is 169 Å². The molecule has 0 radical (unpaired) electrons. The fourth-order valence-corrected chi connectivity index (χ4v) is 9.48. The molecule has 2 saturated carbocycles. The molecule has 6 aromatic rings. The van der Waals surface area contributed by atoms with Crippen molar-refractivity contribution in [2.45, 2.75) is 144 Å². The van der Waals surface area contributed by atoms with Crippen LogP contribution in [0.5, 0.6) is 0 Å². The number of hydrogen-bond donors (Lipinski definition) is 0. The minimum absolute atomic E-state index is 0. The Morgan fingerprint density at radius 2 is 0.879 bits per heavy atom. The maximum atomic E-state index is 2.48. The fourth-order valence-electron chi connectivity index (χ4n) is 9.48. The molecular formula is C54H68Cl2SiZr-2. The van der Waals surface area contributed by atoms with Crippen LogP contribution in [0.2, 0.25) is 13.1 Å². The molecule has 2 aliphatic rings. The Labute approximate surface area is 380 Å². The third-order valence-electron chi connectivity index (χ3n) is 12.4. The van der Waals surface area contributed by atoms with Gasteiger partial charge in [0.25, 0.3) is 0 Å². The van der Waals surface area contributed by atoms with E-state index in [0.717, 1.165) is 11.8 Å². The van der Waals surface area contributed by atoms with Crippen molar-refractivity contribution in [3.05, 3.63) is 130 Å². The molecule has 8 rings (SSSR count). The molecule has 4 heteroatoms. The first-order valence-electron chi connectivity index (χ1n) is 22.3. The SMILES string of the molecule is CCCc1ccc(-c2ccc(C)c3[cH-]c(CC4CCCCC4)cc23)cc1.CCCc1ccc(-c2ccc(C)c3[cH-]c(CC4CCCCC4)cc23)cc1.C[Si](C)=[Zr+2].[Cl-].[Cl-]. The smallest absolute Gasteiger partial charge is 1.00 e. The van der Waals surface area contributed by atoms with Crippen LogP contribution in [0.15, 0.2) is 97.1 Å². The van der Waals surface area contributed by atoms with Crippen molar-refractivity contribution in [2.75, 3.05) is 0 Å². The third-order valence-corrected chi connectivity index (χ3v) is 12.4. The molecule has 0 unspecified atom stereocenters. The summed E-state index contributed by atoms with van der Waals surface area (Å²) >= 11 is 1.74. The van der Waals surface area contributed by atoms with Crippen LogP contribution in [0.1, 0.15) is 124 Å². The summed E-state index contributed by atoms with van der Waals surface area (Å²) in [6, 6.07) is 37.6. The van der Waals surface area contributed by atoms with Gasteiger partial charge in [0.15, 0.2) is 0 Å². The molecule has 308 valence electrons. The molecule has 2 fully saturated rings. The van der Waals surface area contributed by atoms with Gasteiger partial charge < -0.3 is 24.8 Å². The van der Waals surface area contributed by atoms with Crippen LogP contribution in [0, 0.1) is 25.7 Å². The maximum Gasteiger partial charge on any atom is -1.00 e. The zero-order valence-corrected chi connectivity index (χ0v) is 41.4. The van der Waals surface area contributed by atoms with E-state index < -0.39 is 0 Å². The van der Waals surface area contributed by atoms with Crippen molar-refractivity contribution in [1.82, 2.24) is 0 Å². The number of benzene rings is 4. The summed E-state index contributed by atoms with van der Waals surface area (Å²) in [5, 5.41) is 5.79. The first-order valence-corrected chi connectivity index (χ1v) is 28.5. The Kier molecular flexibility index (Phi) is 20.3. The van der Waals surface area contributed by atoms with Gasteiger partial charge in [-0.2, -0.15) is 12.1 Å². The van der Waals surface area contributed by atoms with Crippen LogP contribution in [-0.4, -0.2) is 5.43 Å². The number of fused-ring (bicyclic) bond motifs is 2. The summed E-state index contributed by atoms with van der Waals surface area (Å²) in [5.74, 6) is 1.80. The van der Waals surface area contributed by atoms with Crippen molar-refractivity contribution in [3.8, 4) is 22.3 Å². The van der Waals surface area contributed by atoms with E-state index in [-0.39, 0.29) is 30.2 Å². The zero-order chi connectivity index (χ0) is 39.4. The second kappa shape index (κ2) is 24.3. The third kappa shape index (κ3) is 13.4. The van der Waals surface area contributed by atoms with Crippen LogP contribution in [0.4, 0.5) is 0 Å². The average Bonchev–Trinajstić information content (AvgIpc) is 3.83. The van der Waals surface area contributed by atoms with Gasteiger partial charge in [-0.3, -0.25) is 0 Å². The number of hydrogen-bond acceptors (Lipinski definition) is 0. The van der Waals surface area contributed by atoms with Gasteiger partial charge in [0.1, 0.15) is 0 Å². The molecule has 0 atom stereocenters. The quantitative estimate of drug-likeness (QED) is 0.0950. The van der Waals surface area contributed by atoms with Crippen LogP contribution >= 0.6 is 0 Å². The Morgan fingerprint density at radius 3 is 1.21 bits per heavy atom. The first kappa shape index (κ1) is 48.4. The van der Waals surface area contributed by atoms with Crippen LogP contribution in [0.3, 0.4) is 0 Å². The summed E-state index contributed by atoms with van der Waals surface area (Å²) in [6.07, 6.45) is 21.6.